The molecule has 0 fully saturated rings. The zero-order chi connectivity index (χ0) is 17.3. The molecule has 0 saturated carbocycles. The van der Waals surface area contributed by atoms with E-state index in [4.69, 9.17) is 9.47 Å². The number of anilines is 2. The van der Waals surface area contributed by atoms with Crippen LogP contribution >= 0.6 is 0 Å². The third kappa shape index (κ3) is 3.07. The monoisotopic (exact) mass is 350 g/mol. The van der Waals surface area contributed by atoms with Crippen molar-refractivity contribution in [1.29, 1.82) is 0 Å². The molecule has 0 aliphatic carbocycles. The van der Waals surface area contributed by atoms with Crippen molar-refractivity contribution >= 4 is 21.5 Å². The molecule has 0 atom stereocenters. The summed E-state index contributed by atoms with van der Waals surface area (Å²) in [5.74, 6) is 1.14. The molecule has 1 aliphatic heterocycles. The number of fused-ring (bicyclic) bond motifs is 1. The SMILES string of the molecule is COc1ncc(NS(=O)(=O)c2ccc3c(c2)CCO3)c(N(C)C)n1. The summed E-state index contributed by atoms with van der Waals surface area (Å²) < 4.78 is 38.3. The van der Waals surface area contributed by atoms with E-state index in [1.54, 1.807) is 31.1 Å². The normalized spacial score (nSPS) is 13.1. The summed E-state index contributed by atoms with van der Waals surface area (Å²) in [6, 6.07) is 4.99. The summed E-state index contributed by atoms with van der Waals surface area (Å²) in [5, 5.41) is 0. The van der Waals surface area contributed by atoms with E-state index in [-0.39, 0.29) is 16.6 Å². The van der Waals surface area contributed by atoms with E-state index >= 15 is 0 Å². The fourth-order valence-electron chi connectivity index (χ4n) is 2.40. The molecule has 0 bridgehead atoms. The molecule has 0 spiro atoms. The van der Waals surface area contributed by atoms with Crippen molar-refractivity contribution in [1.82, 2.24) is 9.97 Å². The lowest BCUT2D eigenvalue weighted by molar-refractivity contribution is 0.356. The first kappa shape index (κ1) is 16.3. The fraction of sp³-hybridized carbons (Fsp3) is 0.333. The minimum atomic E-state index is -3.76. The predicted molar refractivity (Wildman–Crippen MR) is 89.4 cm³/mol. The van der Waals surface area contributed by atoms with E-state index in [1.807, 2.05) is 0 Å². The van der Waals surface area contributed by atoms with Gasteiger partial charge in [0.15, 0.2) is 5.82 Å². The highest BCUT2D eigenvalue weighted by molar-refractivity contribution is 7.92. The second-order valence-corrected chi connectivity index (χ2v) is 7.14. The summed E-state index contributed by atoms with van der Waals surface area (Å²) in [4.78, 5) is 9.99. The summed E-state index contributed by atoms with van der Waals surface area (Å²) in [6.45, 7) is 0.573. The maximum atomic E-state index is 12.7. The lowest BCUT2D eigenvalue weighted by atomic mass is 10.2. The molecule has 2 aromatic rings. The van der Waals surface area contributed by atoms with Gasteiger partial charge in [0, 0.05) is 20.5 Å². The molecule has 0 amide bonds. The van der Waals surface area contributed by atoms with E-state index in [2.05, 4.69) is 14.7 Å². The maximum Gasteiger partial charge on any atom is 0.318 e. The Labute approximate surface area is 140 Å². The number of sulfonamides is 1. The lowest BCUT2D eigenvalue weighted by Crippen LogP contribution is -2.19. The van der Waals surface area contributed by atoms with E-state index in [0.29, 0.717) is 18.8 Å². The van der Waals surface area contributed by atoms with Crippen molar-refractivity contribution in [2.24, 2.45) is 0 Å². The first-order valence-corrected chi connectivity index (χ1v) is 8.76. The van der Waals surface area contributed by atoms with Gasteiger partial charge in [-0.15, -0.1) is 0 Å². The quantitative estimate of drug-likeness (QED) is 0.868. The Morgan fingerprint density at radius 3 is 2.83 bits per heavy atom. The molecular weight excluding hydrogens is 332 g/mol. The van der Waals surface area contributed by atoms with Gasteiger partial charge in [-0.1, -0.05) is 0 Å². The van der Waals surface area contributed by atoms with Crippen molar-refractivity contribution in [3.05, 3.63) is 30.0 Å². The number of ether oxygens (including phenoxy) is 2. The van der Waals surface area contributed by atoms with Gasteiger partial charge in [-0.05, 0) is 23.8 Å². The molecule has 9 heteroatoms. The first-order valence-electron chi connectivity index (χ1n) is 7.27. The standard InChI is InChI=1S/C15H18N4O4S/c1-19(2)14-12(9-16-15(17-14)22-3)18-24(20,21)11-4-5-13-10(8-11)6-7-23-13/h4-5,8-9,18H,6-7H2,1-3H3. The summed E-state index contributed by atoms with van der Waals surface area (Å²) >= 11 is 0. The average Bonchev–Trinajstić information content (AvgIpc) is 3.02. The number of nitrogens with zero attached hydrogens (tertiary/aromatic N) is 3. The lowest BCUT2D eigenvalue weighted by Gasteiger charge is -2.17. The van der Waals surface area contributed by atoms with Crippen LogP contribution in [0.25, 0.3) is 0 Å². The van der Waals surface area contributed by atoms with E-state index < -0.39 is 10.0 Å². The number of benzene rings is 1. The summed E-state index contributed by atoms with van der Waals surface area (Å²) in [5.41, 5.74) is 1.16. The number of aromatic nitrogens is 2. The second-order valence-electron chi connectivity index (χ2n) is 5.46. The highest BCUT2D eigenvalue weighted by atomic mass is 32.2. The van der Waals surface area contributed by atoms with Crippen LogP contribution in [-0.2, 0) is 16.4 Å². The smallest absolute Gasteiger partial charge is 0.318 e. The van der Waals surface area contributed by atoms with Crippen molar-refractivity contribution in [3.8, 4) is 11.8 Å². The van der Waals surface area contributed by atoms with Crippen molar-refractivity contribution < 1.29 is 17.9 Å². The zero-order valence-electron chi connectivity index (χ0n) is 13.6. The average molecular weight is 350 g/mol. The van der Waals surface area contributed by atoms with Gasteiger partial charge in [0.1, 0.15) is 11.4 Å². The van der Waals surface area contributed by atoms with Crippen molar-refractivity contribution in [2.45, 2.75) is 11.3 Å². The van der Waals surface area contributed by atoms with Crippen molar-refractivity contribution in [2.75, 3.05) is 37.4 Å². The van der Waals surface area contributed by atoms with Crippen LogP contribution in [0.1, 0.15) is 5.56 Å². The molecule has 1 aromatic heterocycles. The Morgan fingerprint density at radius 1 is 1.33 bits per heavy atom. The highest BCUT2D eigenvalue weighted by Gasteiger charge is 2.21. The number of methoxy groups -OCH3 is 1. The van der Waals surface area contributed by atoms with Gasteiger partial charge in [0.2, 0.25) is 0 Å². The maximum absolute atomic E-state index is 12.7. The summed E-state index contributed by atoms with van der Waals surface area (Å²) in [7, 11) is 1.20. The number of rotatable bonds is 5. The Bertz CT molecular complexity index is 868. The number of nitrogens with one attached hydrogen (secondary N) is 1. The molecule has 1 N–H and O–H groups in total. The van der Waals surface area contributed by atoms with Crippen LogP contribution in [0, 0.1) is 0 Å². The molecule has 1 aromatic carbocycles. The molecular formula is C15H18N4O4S. The van der Waals surface area contributed by atoms with Crippen LogP contribution in [0.2, 0.25) is 0 Å². The van der Waals surface area contributed by atoms with Gasteiger partial charge in [-0.25, -0.2) is 13.4 Å². The molecule has 0 unspecified atom stereocenters. The van der Waals surface area contributed by atoms with Crippen molar-refractivity contribution in [3.63, 3.8) is 0 Å². The van der Waals surface area contributed by atoms with Gasteiger partial charge >= 0.3 is 6.01 Å². The number of hydrogen-bond donors (Lipinski definition) is 1. The van der Waals surface area contributed by atoms with E-state index in [1.165, 1.54) is 19.4 Å². The number of hydrogen-bond acceptors (Lipinski definition) is 7. The highest BCUT2D eigenvalue weighted by Crippen LogP contribution is 2.30. The largest absolute Gasteiger partial charge is 0.493 e. The Morgan fingerprint density at radius 2 is 2.12 bits per heavy atom. The molecule has 0 saturated heterocycles. The predicted octanol–water partition coefficient (Wildman–Crippen LogP) is 1.29. The minimum absolute atomic E-state index is 0.163. The third-order valence-corrected chi connectivity index (χ3v) is 4.93. The topological polar surface area (TPSA) is 93.6 Å². The first-order chi connectivity index (χ1) is 11.4. The molecule has 128 valence electrons. The summed E-state index contributed by atoms with van der Waals surface area (Å²) in [6.07, 6.45) is 2.09. The molecule has 8 nitrogen and oxygen atoms in total. The van der Waals surface area contributed by atoms with Gasteiger partial charge in [-0.2, -0.15) is 4.98 Å². The van der Waals surface area contributed by atoms with Crippen LogP contribution in [0.3, 0.4) is 0 Å². The minimum Gasteiger partial charge on any atom is -0.493 e. The molecule has 24 heavy (non-hydrogen) atoms. The van der Waals surface area contributed by atoms with Crippen LogP contribution in [0.5, 0.6) is 11.8 Å². The zero-order valence-corrected chi connectivity index (χ0v) is 14.4. The third-order valence-electron chi connectivity index (χ3n) is 3.57. The van der Waals surface area contributed by atoms with Crippen LogP contribution in [0.15, 0.2) is 29.3 Å². The van der Waals surface area contributed by atoms with Crippen LogP contribution in [0.4, 0.5) is 11.5 Å². The van der Waals surface area contributed by atoms with Crippen LogP contribution in [-0.4, -0.2) is 46.2 Å². The van der Waals surface area contributed by atoms with Gasteiger partial charge < -0.3 is 14.4 Å². The van der Waals surface area contributed by atoms with Gasteiger partial charge in [0.05, 0.1) is 24.8 Å². The van der Waals surface area contributed by atoms with Crippen LogP contribution < -0.4 is 19.1 Å². The Hall–Kier alpha value is -2.55. The molecule has 0 radical (unpaired) electrons. The Kier molecular flexibility index (Phi) is 4.18. The Balaban J connectivity index is 1.95. The van der Waals surface area contributed by atoms with Gasteiger partial charge in [-0.3, -0.25) is 4.72 Å². The van der Waals surface area contributed by atoms with E-state index in [0.717, 1.165) is 11.3 Å². The fourth-order valence-corrected chi connectivity index (χ4v) is 3.50. The second kappa shape index (κ2) is 6.16. The molecule has 3 rings (SSSR count). The molecule has 2 heterocycles. The van der Waals surface area contributed by atoms with Gasteiger partial charge in [0.25, 0.3) is 10.0 Å². The van der Waals surface area contributed by atoms with E-state index in [9.17, 15) is 8.42 Å². The molecule has 1 aliphatic rings.